The first-order valence-corrected chi connectivity index (χ1v) is 14.6. The summed E-state index contributed by atoms with van der Waals surface area (Å²) in [5.41, 5.74) is 0.577. The summed E-state index contributed by atoms with van der Waals surface area (Å²) in [7, 11) is -0.241. The van der Waals surface area contributed by atoms with E-state index < -0.39 is 13.7 Å². The molecule has 1 aromatic rings. The van der Waals surface area contributed by atoms with Crippen LogP contribution in [-0.4, -0.2) is 28.0 Å². The van der Waals surface area contributed by atoms with Gasteiger partial charge in [-0.25, -0.2) is 0 Å². The van der Waals surface area contributed by atoms with E-state index in [1.54, 1.807) is 0 Å². The van der Waals surface area contributed by atoms with E-state index in [-0.39, 0.29) is 16.4 Å². The van der Waals surface area contributed by atoms with Crippen LogP contribution in [0.1, 0.15) is 72.8 Å². The molecule has 166 valence electrons. The first kappa shape index (κ1) is 26.6. The van der Waals surface area contributed by atoms with Gasteiger partial charge in [0.05, 0.1) is 12.5 Å². The zero-order chi connectivity index (χ0) is 22.5. The van der Waals surface area contributed by atoms with Crippen LogP contribution in [0.4, 0.5) is 0 Å². The molecule has 0 aliphatic heterocycles. The molecule has 5 heteroatoms. The van der Waals surface area contributed by atoms with Gasteiger partial charge < -0.3 is 9.16 Å². The second kappa shape index (κ2) is 10.3. The van der Waals surface area contributed by atoms with Crippen LogP contribution in [0.5, 0.6) is 0 Å². The third-order valence-electron chi connectivity index (χ3n) is 6.51. The lowest BCUT2D eigenvalue weighted by molar-refractivity contribution is -0.147. The molecule has 1 rings (SSSR count). The molecule has 0 aliphatic rings. The summed E-state index contributed by atoms with van der Waals surface area (Å²) < 4.78 is 12.8. The summed E-state index contributed by atoms with van der Waals surface area (Å²) in [6.45, 7) is 18.9. The van der Waals surface area contributed by atoms with Crippen molar-refractivity contribution in [3.05, 3.63) is 33.4 Å². The summed E-state index contributed by atoms with van der Waals surface area (Å²) in [4.78, 5) is 12.6. The van der Waals surface area contributed by atoms with E-state index in [2.05, 4.69) is 76.4 Å². The molecular formula is C24H41IO3Si. The summed E-state index contributed by atoms with van der Waals surface area (Å²) in [5.74, 6) is -0.153. The third kappa shape index (κ3) is 7.66. The highest BCUT2D eigenvalue weighted by Gasteiger charge is 2.39. The predicted octanol–water partition coefficient (Wildman–Crippen LogP) is 7.33. The average Bonchev–Trinajstić information content (AvgIpc) is 2.62. The summed E-state index contributed by atoms with van der Waals surface area (Å²) >= 11 is 2.29. The molecule has 0 saturated heterocycles. The SMILES string of the molecule is COC(=O)C(C)(CCCCC(C)(C)CO[Si](C)(C)C(C)(C)C)c1cccc(I)c1. The van der Waals surface area contributed by atoms with Crippen molar-refractivity contribution in [1.82, 2.24) is 0 Å². The van der Waals surface area contributed by atoms with Gasteiger partial charge in [0, 0.05) is 10.2 Å². The molecule has 1 aromatic carbocycles. The topological polar surface area (TPSA) is 35.5 Å². The van der Waals surface area contributed by atoms with Crippen molar-refractivity contribution < 1.29 is 14.0 Å². The minimum Gasteiger partial charge on any atom is -0.468 e. The maximum Gasteiger partial charge on any atom is 0.315 e. The summed E-state index contributed by atoms with van der Waals surface area (Å²) in [5, 5.41) is 0.235. The first-order valence-electron chi connectivity index (χ1n) is 10.6. The molecule has 3 nitrogen and oxygen atoms in total. The fourth-order valence-electron chi connectivity index (χ4n) is 3.17. The second-order valence-corrected chi connectivity index (χ2v) is 16.8. The molecule has 0 fully saturated rings. The highest BCUT2D eigenvalue weighted by Crippen LogP contribution is 2.39. The van der Waals surface area contributed by atoms with Crippen molar-refractivity contribution in [2.24, 2.45) is 5.41 Å². The molecule has 29 heavy (non-hydrogen) atoms. The van der Waals surface area contributed by atoms with E-state index in [9.17, 15) is 4.79 Å². The average molecular weight is 533 g/mol. The van der Waals surface area contributed by atoms with Gasteiger partial charge in [-0.15, -0.1) is 0 Å². The first-order chi connectivity index (χ1) is 13.1. The smallest absolute Gasteiger partial charge is 0.315 e. The van der Waals surface area contributed by atoms with Crippen LogP contribution in [0.25, 0.3) is 0 Å². The lowest BCUT2D eigenvalue weighted by Gasteiger charge is -2.39. The highest BCUT2D eigenvalue weighted by atomic mass is 127. The molecule has 0 spiro atoms. The minimum atomic E-state index is -1.72. The number of hydrogen-bond donors (Lipinski definition) is 0. The van der Waals surface area contributed by atoms with E-state index in [1.165, 1.54) is 7.11 Å². The maximum absolute atomic E-state index is 12.6. The van der Waals surface area contributed by atoms with Crippen LogP contribution in [-0.2, 0) is 19.4 Å². The van der Waals surface area contributed by atoms with E-state index in [4.69, 9.17) is 9.16 Å². The quantitative estimate of drug-likeness (QED) is 0.137. The summed E-state index contributed by atoms with van der Waals surface area (Å²) in [6.07, 6.45) is 3.94. The van der Waals surface area contributed by atoms with E-state index in [1.807, 2.05) is 25.1 Å². The number of carbonyl (C=O) groups is 1. The van der Waals surface area contributed by atoms with Crippen LogP contribution in [0.2, 0.25) is 18.1 Å². The zero-order valence-corrected chi connectivity index (χ0v) is 23.1. The van der Waals surface area contributed by atoms with Gasteiger partial charge in [0.2, 0.25) is 0 Å². The number of methoxy groups -OCH3 is 1. The fraction of sp³-hybridized carbons (Fsp3) is 0.708. The standard InChI is InChI=1S/C24H41IO3Si/c1-22(2,3)29(8,9)28-18-23(4,5)15-10-11-16-24(6,21(26)27-7)19-13-12-14-20(25)17-19/h12-14,17H,10-11,15-16,18H2,1-9H3. The molecule has 0 bridgehead atoms. The Hall–Kier alpha value is -0.403. The number of rotatable bonds is 10. The van der Waals surface area contributed by atoms with Crippen LogP contribution >= 0.6 is 22.6 Å². The molecular weight excluding hydrogens is 491 g/mol. The van der Waals surface area contributed by atoms with Crippen molar-refractivity contribution >= 4 is 36.9 Å². The highest BCUT2D eigenvalue weighted by molar-refractivity contribution is 14.1. The Bertz CT molecular complexity index is 679. The van der Waals surface area contributed by atoms with Crippen molar-refractivity contribution in [2.45, 2.75) is 90.8 Å². The number of carbonyl (C=O) groups excluding carboxylic acids is 1. The molecule has 0 amide bonds. The van der Waals surface area contributed by atoms with Gasteiger partial charge in [-0.1, -0.05) is 59.6 Å². The van der Waals surface area contributed by atoms with Crippen molar-refractivity contribution in [2.75, 3.05) is 13.7 Å². The number of esters is 1. The Kier molecular flexibility index (Phi) is 9.43. The number of benzene rings is 1. The lowest BCUT2D eigenvalue weighted by Crippen LogP contribution is -2.43. The normalized spacial score (nSPS) is 15.1. The molecule has 0 aliphatic carbocycles. The maximum atomic E-state index is 12.6. The van der Waals surface area contributed by atoms with Gasteiger partial charge in [0.25, 0.3) is 0 Å². The number of unbranched alkanes of at least 4 members (excludes halogenated alkanes) is 1. The van der Waals surface area contributed by atoms with Crippen molar-refractivity contribution in [1.29, 1.82) is 0 Å². The van der Waals surface area contributed by atoms with Crippen LogP contribution in [0, 0.1) is 8.99 Å². The number of ether oxygens (including phenoxy) is 1. The predicted molar refractivity (Wildman–Crippen MR) is 134 cm³/mol. The molecule has 0 aromatic heterocycles. The minimum absolute atomic E-state index is 0.138. The van der Waals surface area contributed by atoms with Crippen molar-refractivity contribution in [3.63, 3.8) is 0 Å². The largest absolute Gasteiger partial charge is 0.468 e. The number of halogens is 1. The fourth-order valence-corrected chi connectivity index (χ4v) is 4.90. The van der Waals surface area contributed by atoms with Crippen LogP contribution in [0.3, 0.4) is 0 Å². The Morgan fingerprint density at radius 1 is 1.03 bits per heavy atom. The van der Waals surface area contributed by atoms with Gasteiger partial charge in [-0.3, -0.25) is 4.79 Å². The van der Waals surface area contributed by atoms with Crippen LogP contribution < -0.4 is 0 Å². The zero-order valence-electron chi connectivity index (χ0n) is 19.9. The molecule has 0 N–H and O–H groups in total. The Morgan fingerprint density at radius 3 is 2.14 bits per heavy atom. The molecule has 1 unspecified atom stereocenters. The van der Waals surface area contributed by atoms with E-state index in [0.717, 1.165) is 41.4 Å². The lowest BCUT2D eigenvalue weighted by atomic mass is 9.77. The van der Waals surface area contributed by atoms with Gasteiger partial charge in [0.15, 0.2) is 8.32 Å². The van der Waals surface area contributed by atoms with E-state index >= 15 is 0 Å². The Morgan fingerprint density at radius 2 is 1.62 bits per heavy atom. The van der Waals surface area contributed by atoms with Gasteiger partial charge in [-0.2, -0.15) is 0 Å². The molecule has 0 saturated carbocycles. The summed E-state index contributed by atoms with van der Waals surface area (Å²) in [6, 6.07) is 8.19. The molecule has 0 heterocycles. The van der Waals surface area contributed by atoms with Gasteiger partial charge in [0.1, 0.15) is 0 Å². The Balaban J connectivity index is 2.68. The van der Waals surface area contributed by atoms with Gasteiger partial charge >= 0.3 is 5.97 Å². The van der Waals surface area contributed by atoms with Crippen LogP contribution in [0.15, 0.2) is 24.3 Å². The molecule has 1 atom stereocenters. The second-order valence-electron chi connectivity index (χ2n) is 10.8. The third-order valence-corrected chi connectivity index (χ3v) is 11.7. The van der Waals surface area contributed by atoms with Crippen molar-refractivity contribution in [3.8, 4) is 0 Å². The van der Waals surface area contributed by atoms with Gasteiger partial charge in [-0.05, 0) is 83.6 Å². The number of hydrogen-bond acceptors (Lipinski definition) is 3. The monoisotopic (exact) mass is 532 g/mol. The Labute approximate surface area is 193 Å². The van der Waals surface area contributed by atoms with E-state index in [0.29, 0.717) is 0 Å². The molecule has 0 radical (unpaired) electrons.